The molecule has 5 heteroatoms. The Hall–Kier alpha value is -1.10. The molecule has 0 saturated heterocycles. The van der Waals surface area contributed by atoms with Crippen molar-refractivity contribution < 1.29 is 19.4 Å². The first kappa shape index (κ1) is 16.0. The van der Waals surface area contributed by atoms with Crippen LogP contribution in [0.4, 0.5) is 0 Å². The van der Waals surface area contributed by atoms with Gasteiger partial charge in [0.1, 0.15) is 0 Å². The maximum atomic E-state index is 12.0. The molecule has 1 atom stereocenters. The molecular formula is C14H25NO4. The number of nitrogens with one attached hydrogen (secondary N) is 1. The van der Waals surface area contributed by atoms with Gasteiger partial charge in [0.15, 0.2) is 0 Å². The van der Waals surface area contributed by atoms with E-state index in [1.165, 1.54) is 0 Å². The number of carbonyl (C=O) groups is 2. The normalized spacial score (nSPS) is 19.1. The van der Waals surface area contributed by atoms with Crippen LogP contribution >= 0.6 is 0 Å². The fraction of sp³-hybridized carbons (Fsp3) is 0.857. The minimum atomic E-state index is -0.804. The molecule has 0 aliphatic heterocycles. The second-order valence-electron chi connectivity index (χ2n) is 5.70. The molecule has 0 spiro atoms. The molecule has 1 fully saturated rings. The number of hydrogen-bond donors (Lipinski definition) is 2. The maximum Gasteiger partial charge on any atom is 0.303 e. The van der Waals surface area contributed by atoms with E-state index in [4.69, 9.17) is 9.84 Å². The highest BCUT2D eigenvalue weighted by atomic mass is 16.5. The van der Waals surface area contributed by atoms with Gasteiger partial charge in [-0.2, -0.15) is 0 Å². The second kappa shape index (κ2) is 7.48. The zero-order valence-corrected chi connectivity index (χ0v) is 11.9. The third-order valence-corrected chi connectivity index (χ3v) is 3.89. The zero-order valence-electron chi connectivity index (χ0n) is 11.9. The number of carbonyl (C=O) groups excluding carboxylic acids is 1. The highest BCUT2D eigenvalue weighted by Crippen LogP contribution is 2.44. The largest absolute Gasteiger partial charge is 0.481 e. The summed E-state index contributed by atoms with van der Waals surface area (Å²) in [6, 6.07) is 0.0655. The van der Waals surface area contributed by atoms with Crippen LogP contribution in [0.5, 0.6) is 0 Å². The Morgan fingerprint density at radius 2 is 1.95 bits per heavy atom. The van der Waals surface area contributed by atoms with Crippen LogP contribution in [-0.4, -0.2) is 36.7 Å². The second-order valence-corrected chi connectivity index (χ2v) is 5.70. The van der Waals surface area contributed by atoms with Crippen molar-refractivity contribution in [3.05, 3.63) is 0 Å². The predicted molar refractivity (Wildman–Crippen MR) is 71.9 cm³/mol. The summed E-state index contributed by atoms with van der Waals surface area (Å²) in [7, 11) is 1.63. The smallest absolute Gasteiger partial charge is 0.303 e. The molecule has 1 rings (SSSR count). The summed E-state index contributed by atoms with van der Waals surface area (Å²) in [5.74, 6) is -0.839. The zero-order chi connectivity index (χ0) is 14.3. The fourth-order valence-electron chi connectivity index (χ4n) is 2.90. The van der Waals surface area contributed by atoms with E-state index < -0.39 is 5.97 Å². The molecule has 1 amide bonds. The third kappa shape index (κ3) is 5.59. The van der Waals surface area contributed by atoms with Crippen LogP contribution in [0.3, 0.4) is 0 Å². The molecule has 0 aromatic rings. The van der Waals surface area contributed by atoms with Crippen molar-refractivity contribution >= 4 is 11.9 Å². The van der Waals surface area contributed by atoms with Crippen molar-refractivity contribution in [1.82, 2.24) is 5.32 Å². The first-order valence-corrected chi connectivity index (χ1v) is 6.97. The standard InChI is InChI=1S/C14H25NO4/c1-11(5-8-19-2)15-12(16)9-14(10-13(17)18)6-3-4-7-14/h11H,3-10H2,1-2H3,(H,15,16)(H,17,18). The van der Waals surface area contributed by atoms with Crippen LogP contribution in [0.1, 0.15) is 51.9 Å². The van der Waals surface area contributed by atoms with E-state index in [0.717, 1.165) is 32.1 Å². The lowest BCUT2D eigenvalue weighted by atomic mass is 9.79. The lowest BCUT2D eigenvalue weighted by Crippen LogP contribution is -2.37. The van der Waals surface area contributed by atoms with E-state index in [0.29, 0.717) is 13.0 Å². The van der Waals surface area contributed by atoms with E-state index in [9.17, 15) is 9.59 Å². The molecule has 0 aromatic heterocycles. The number of rotatable bonds is 8. The highest BCUT2D eigenvalue weighted by molar-refractivity contribution is 5.78. The number of aliphatic carboxylic acids is 1. The van der Waals surface area contributed by atoms with E-state index in [1.54, 1.807) is 7.11 Å². The number of carboxylic acids is 1. The summed E-state index contributed by atoms with van der Waals surface area (Å²) in [5, 5.41) is 11.9. The molecule has 110 valence electrons. The minimum absolute atomic E-state index is 0.0354. The van der Waals surface area contributed by atoms with Gasteiger partial charge < -0.3 is 15.2 Å². The third-order valence-electron chi connectivity index (χ3n) is 3.89. The minimum Gasteiger partial charge on any atom is -0.481 e. The molecule has 1 aliphatic rings. The summed E-state index contributed by atoms with van der Waals surface area (Å²) in [6.07, 6.45) is 4.95. The average Bonchev–Trinajstić information content (AvgIpc) is 2.73. The van der Waals surface area contributed by atoms with Crippen molar-refractivity contribution in [3.8, 4) is 0 Å². The van der Waals surface area contributed by atoms with E-state index in [2.05, 4.69) is 5.32 Å². The lowest BCUT2D eigenvalue weighted by molar-refractivity contribution is -0.140. The van der Waals surface area contributed by atoms with Crippen LogP contribution in [0.2, 0.25) is 0 Å². The summed E-state index contributed by atoms with van der Waals surface area (Å²) in [6.45, 7) is 2.55. The molecule has 1 saturated carbocycles. The van der Waals surface area contributed by atoms with Crippen molar-refractivity contribution in [2.75, 3.05) is 13.7 Å². The van der Waals surface area contributed by atoms with Gasteiger partial charge in [-0.3, -0.25) is 9.59 Å². The highest BCUT2D eigenvalue weighted by Gasteiger charge is 2.38. The van der Waals surface area contributed by atoms with E-state index in [1.807, 2.05) is 6.92 Å². The molecule has 0 heterocycles. The van der Waals surface area contributed by atoms with Crippen LogP contribution in [0, 0.1) is 5.41 Å². The first-order chi connectivity index (χ1) is 8.97. The lowest BCUT2D eigenvalue weighted by Gasteiger charge is -2.27. The topological polar surface area (TPSA) is 75.6 Å². The molecule has 2 N–H and O–H groups in total. The fourth-order valence-corrected chi connectivity index (χ4v) is 2.90. The molecule has 5 nitrogen and oxygen atoms in total. The predicted octanol–water partition coefficient (Wildman–Crippen LogP) is 1.95. The van der Waals surface area contributed by atoms with Crippen LogP contribution in [-0.2, 0) is 14.3 Å². The molecule has 1 unspecified atom stereocenters. The average molecular weight is 271 g/mol. The van der Waals surface area contributed by atoms with Crippen LogP contribution < -0.4 is 5.32 Å². The quantitative estimate of drug-likeness (QED) is 0.707. The summed E-state index contributed by atoms with van der Waals surface area (Å²) in [5.41, 5.74) is -0.323. The summed E-state index contributed by atoms with van der Waals surface area (Å²) < 4.78 is 4.97. The molecular weight excluding hydrogens is 246 g/mol. The number of hydrogen-bond acceptors (Lipinski definition) is 3. The van der Waals surface area contributed by atoms with Crippen molar-refractivity contribution in [1.29, 1.82) is 0 Å². The maximum absolute atomic E-state index is 12.0. The number of amides is 1. The Balaban J connectivity index is 2.45. The number of carboxylic acid groups (broad SMARTS) is 1. The molecule has 19 heavy (non-hydrogen) atoms. The van der Waals surface area contributed by atoms with Gasteiger partial charge in [0.2, 0.25) is 5.91 Å². The summed E-state index contributed by atoms with van der Waals surface area (Å²) in [4.78, 5) is 23.0. The van der Waals surface area contributed by atoms with Crippen LogP contribution in [0.25, 0.3) is 0 Å². The van der Waals surface area contributed by atoms with Gasteiger partial charge in [-0.1, -0.05) is 12.8 Å². The van der Waals surface area contributed by atoms with Gasteiger partial charge in [-0.25, -0.2) is 0 Å². The van der Waals surface area contributed by atoms with E-state index >= 15 is 0 Å². The summed E-state index contributed by atoms with van der Waals surface area (Å²) >= 11 is 0. The Labute approximate surface area is 114 Å². The first-order valence-electron chi connectivity index (χ1n) is 6.97. The SMILES string of the molecule is COCCC(C)NC(=O)CC1(CC(=O)O)CCCC1. The molecule has 0 bridgehead atoms. The van der Waals surface area contributed by atoms with E-state index in [-0.39, 0.29) is 23.8 Å². The number of methoxy groups -OCH3 is 1. The Morgan fingerprint density at radius 3 is 2.47 bits per heavy atom. The number of ether oxygens (including phenoxy) is 1. The van der Waals surface area contributed by atoms with Gasteiger partial charge in [-0.15, -0.1) is 0 Å². The Bertz CT molecular complexity index is 311. The monoisotopic (exact) mass is 271 g/mol. The molecule has 0 radical (unpaired) electrons. The molecule has 1 aliphatic carbocycles. The van der Waals surface area contributed by atoms with Gasteiger partial charge in [0, 0.05) is 26.2 Å². The van der Waals surface area contributed by atoms with Gasteiger partial charge in [0.25, 0.3) is 0 Å². The Kier molecular flexibility index (Phi) is 6.28. The molecule has 0 aromatic carbocycles. The van der Waals surface area contributed by atoms with Gasteiger partial charge >= 0.3 is 5.97 Å². The Morgan fingerprint density at radius 1 is 1.32 bits per heavy atom. The van der Waals surface area contributed by atoms with Crippen LogP contribution in [0.15, 0.2) is 0 Å². The van der Waals surface area contributed by atoms with Gasteiger partial charge in [-0.05, 0) is 31.6 Å². The van der Waals surface area contributed by atoms with Crippen molar-refractivity contribution in [2.45, 2.75) is 57.9 Å². The van der Waals surface area contributed by atoms with Crippen molar-refractivity contribution in [3.63, 3.8) is 0 Å². The van der Waals surface area contributed by atoms with Gasteiger partial charge in [0.05, 0.1) is 6.42 Å². The van der Waals surface area contributed by atoms with Crippen molar-refractivity contribution in [2.24, 2.45) is 5.41 Å².